The summed E-state index contributed by atoms with van der Waals surface area (Å²) in [6.45, 7) is 1.19. The molecule has 0 saturated heterocycles. The van der Waals surface area contributed by atoms with Crippen LogP contribution in [0.25, 0.3) is 0 Å². The average Bonchev–Trinajstić information content (AvgIpc) is 3.05. The fourth-order valence-corrected chi connectivity index (χ4v) is 2.11. The van der Waals surface area contributed by atoms with Crippen LogP contribution in [-0.4, -0.2) is 34.5 Å². The fourth-order valence-electron chi connectivity index (χ4n) is 2.11. The lowest BCUT2D eigenvalue weighted by Crippen LogP contribution is -2.21. The quantitative estimate of drug-likeness (QED) is 0.375. The molecule has 0 aliphatic heterocycles. The molecule has 0 aliphatic carbocycles. The number of nitro benzene ring substituents is 1. The Morgan fingerprint density at radius 2 is 1.86 bits per heavy atom. The predicted octanol–water partition coefficient (Wildman–Crippen LogP) is 2.18. The van der Waals surface area contributed by atoms with Crippen LogP contribution in [-0.2, 0) is 19.1 Å². The van der Waals surface area contributed by atoms with Gasteiger partial charge in [0, 0.05) is 36.7 Å². The molecule has 0 fully saturated rings. The van der Waals surface area contributed by atoms with Gasteiger partial charge < -0.3 is 19.9 Å². The van der Waals surface area contributed by atoms with Gasteiger partial charge in [-0.2, -0.15) is 0 Å². The Labute approximate surface area is 159 Å². The number of nitrogens with zero attached hydrogens (tertiary/aromatic N) is 2. The highest BCUT2D eigenvalue weighted by Crippen LogP contribution is 2.15. The third kappa shape index (κ3) is 6.86. The number of ether oxygens (including phenoxy) is 1. The Kier molecular flexibility index (Phi) is 7.20. The number of esters is 1. The zero-order valence-corrected chi connectivity index (χ0v) is 15.0. The third-order valence-corrected chi connectivity index (χ3v) is 3.41. The van der Waals surface area contributed by atoms with Crippen LogP contribution in [0.1, 0.15) is 25.0 Å². The number of non-ortho nitro benzene ring substituents is 1. The molecule has 0 aliphatic rings. The van der Waals surface area contributed by atoms with Crippen LogP contribution in [0.3, 0.4) is 0 Å². The van der Waals surface area contributed by atoms with E-state index >= 15 is 0 Å². The molecular weight excluding hydrogens is 372 g/mol. The SMILES string of the molecule is Cc1cc(NC(=O)COC(=O)CCCC(=O)Nc2ccc([N+](=O)[O-])cc2)no1. The Morgan fingerprint density at radius 1 is 1.14 bits per heavy atom. The molecule has 2 amide bonds. The van der Waals surface area contributed by atoms with Gasteiger partial charge in [0.15, 0.2) is 12.4 Å². The second kappa shape index (κ2) is 9.80. The first kappa shape index (κ1) is 20.6. The number of rotatable bonds is 9. The number of anilines is 2. The second-order valence-corrected chi connectivity index (χ2v) is 5.74. The molecule has 0 spiro atoms. The van der Waals surface area contributed by atoms with Gasteiger partial charge in [0.2, 0.25) is 5.91 Å². The fraction of sp³-hybridized carbons (Fsp3) is 0.294. The maximum atomic E-state index is 11.8. The topological polar surface area (TPSA) is 154 Å². The summed E-state index contributed by atoms with van der Waals surface area (Å²) in [5.74, 6) is -0.770. The number of aromatic nitrogens is 1. The van der Waals surface area contributed by atoms with E-state index in [9.17, 15) is 24.5 Å². The first-order chi connectivity index (χ1) is 13.3. The van der Waals surface area contributed by atoms with E-state index in [0.717, 1.165) is 0 Å². The van der Waals surface area contributed by atoms with E-state index in [1.807, 2.05) is 0 Å². The monoisotopic (exact) mass is 390 g/mol. The molecule has 2 N–H and O–H groups in total. The predicted molar refractivity (Wildman–Crippen MR) is 96.4 cm³/mol. The van der Waals surface area contributed by atoms with Crippen molar-refractivity contribution in [1.29, 1.82) is 0 Å². The van der Waals surface area contributed by atoms with Gasteiger partial charge in [-0.1, -0.05) is 5.16 Å². The summed E-state index contributed by atoms with van der Waals surface area (Å²) >= 11 is 0. The summed E-state index contributed by atoms with van der Waals surface area (Å²) in [5, 5.41) is 19.1. The van der Waals surface area contributed by atoms with Crippen LogP contribution < -0.4 is 10.6 Å². The molecule has 1 heterocycles. The minimum atomic E-state index is -0.616. The average molecular weight is 390 g/mol. The summed E-state index contributed by atoms with van der Waals surface area (Å²) in [7, 11) is 0. The van der Waals surface area contributed by atoms with E-state index < -0.39 is 23.4 Å². The van der Waals surface area contributed by atoms with Crippen LogP contribution >= 0.6 is 0 Å². The number of carbonyl (C=O) groups excluding carboxylic acids is 3. The molecule has 0 radical (unpaired) electrons. The number of hydrogen-bond acceptors (Lipinski definition) is 8. The molecule has 11 nitrogen and oxygen atoms in total. The normalized spacial score (nSPS) is 10.2. The van der Waals surface area contributed by atoms with Crippen LogP contribution in [0.15, 0.2) is 34.9 Å². The summed E-state index contributed by atoms with van der Waals surface area (Å²) < 4.78 is 9.60. The van der Waals surface area contributed by atoms with Crippen molar-refractivity contribution < 1.29 is 28.6 Å². The molecule has 11 heteroatoms. The number of carbonyl (C=O) groups is 3. The largest absolute Gasteiger partial charge is 0.456 e. The lowest BCUT2D eigenvalue weighted by Gasteiger charge is -2.06. The highest BCUT2D eigenvalue weighted by molar-refractivity contribution is 5.92. The van der Waals surface area contributed by atoms with E-state index in [4.69, 9.17) is 9.26 Å². The van der Waals surface area contributed by atoms with Crippen molar-refractivity contribution >= 4 is 35.0 Å². The van der Waals surface area contributed by atoms with Crippen LogP contribution in [0.5, 0.6) is 0 Å². The van der Waals surface area contributed by atoms with Crippen molar-refractivity contribution in [1.82, 2.24) is 5.16 Å². The summed E-state index contributed by atoms with van der Waals surface area (Å²) in [6, 6.07) is 6.90. The molecule has 2 rings (SSSR count). The van der Waals surface area contributed by atoms with Gasteiger partial charge >= 0.3 is 5.97 Å². The minimum absolute atomic E-state index is 0.0377. The molecule has 1 aromatic heterocycles. The Balaban J connectivity index is 1.62. The van der Waals surface area contributed by atoms with Gasteiger partial charge in [-0.3, -0.25) is 24.5 Å². The maximum absolute atomic E-state index is 11.8. The zero-order chi connectivity index (χ0) is 20.5. The number of nitro groups is 1. The van der Waals surface area contributed by atoms with Gasteiger partial charge in [-0.25, -0.2) is 0 Å². The smallest absolute Gasteiger partial charge is 0.306 e. The molecular formula is C17H18N4O7. The lowest BCUT2D eigenvalue weighted by atomic mass is 10.2. The van der Waals surface area contributed by atoms with Crippen molar-refractivity contribution in [2.24, 2.45) is 0 Å². The first-order valence-corrected chi connectivity index (χ1v) is 8.26. The van der Waals surface area contributed by atoms with Crippen LogP contribution in [0, 0.1) is 17.0 Å². The molecule has 28 heavy (non-hydrogen) atoms. The van der Waals surface area contributed by atoms with Crippen LogP contribution in [0.4, 0.5) is 17.2 Å². The lowest BCUT2D eigenvalue weighted by molar-refractivity contribution is -0.384. The molecule has 148 valence electrons. The van der Waals surface area contributed by atoms with Gasteiger partial charge in [-0.15, -0.1) is 0 Å². The Bertz CT molecular complexity index is 861. The Morgan fingerprint density at radius 3 is 2.46 bits per heavy atom. The van der Waals surface area contributed by atoms with Crippen molar-refractivity contribution in [3.63, 3.8) is 0 Å². The number of hydrogen-bond donors (Lipinski definition) is 2. The van der Waals surface area contributed by atoms with Gasteiger partial charge in [0.25, 0.3) is 11.6 Å². The molecule has 0 saturated carbocycles. The highest BCUT2D eigenvalue weighted by atomic mass is 16.6. The molecule has 2 aromatic rings. The van der Waals surface area contributed by atoms with E-state index in [1.165, 1.54) is 30.3 Å². The van der Waals surface area contributed by atoms with Crippen molar-refractivity contribution in [2.75, 3.05) is 17.2 Å². The van der Waals surface area contributed by atoms with Gasteiger partial charge in [0.1, 0.15) is 5.76 Å². The highest BCUT2D eigenvalue weighted by Gasteiger charge is 2.11. The van der Waals surface area contributed by atoms with E-state index in [1.54, 1.807) is 6.92 Å². The van der Waals surface area contributed by atoms with E-state index in [2.05, 4.69) is 15.8 Å². The number of amides is 2. The van der Waals surface area contributed by atoms with Crippen LogP contribution in [0.2, 0.25) is 0 Å². The minimum Gasteiger partial charge on any atom is -0.456 e. The first-order valence-electron chi connectivity index (χ1n) is 8.26. The maximum Gasteiger partial charge on any atom is 0.306 e. The van der Waals surface area contributed by atoms with E-state index in [0.29, 0.717) is 11.4 Å². The van der Waals surface area contributed by atoms with Crippen molar-refractivity contribution in [3.8, 4) is 0 Å². The standard InChI is InChI=1S/C17H18N4O7/c1-11-9-14(20-28-11)19-16(23)10-27-17(24)4-2-3-15(22)18-12-5-7-13(8-6-12)21(25)26/h5-9H,2-4,10H2,1H3,(H,18,22)(H,19,20,23). The molecule has 0 atom stereocenters. The summed E-state index contributed by atoms with van der Waals surface area (Å²) in [6.07, 6.45) is 0.238. The molecule has 0 unspecified atom stereocenters. The number of benzene rings is 1. The van der Waals surface area contributed by atoms with Crippen molar-refractivity contribution in [2.45, 2.75) is 26.2 Å². The van der Waals surface area contributed by atoms with Gasteiger partial charge in [-0.05, 0) is 25.5 Å². The van der Waals surface area contributed by atoms with Crippen molar-refractivity contribution in [3.05, 3.63) is 46.2 Å². The second-order valence-electron chi connectivity index (χ2n) is 5.74. The summed E-state index contributed by atoms with van der Waals surface area (Å²) in [5.41, 5.74) is 0.335. The van der Waals surface area contributed by atoms with E-state index in [-0.39, 0.29) is 36.7 Å². The summed E-state index contributed by atoms with van der Waals surface area (Å²) in [4.78, 5) is 45.1. The Hall–Kier alpha value is -3.76. The van der Waals surface area contributed by atoms with Gasteiger partial charge in [0.05, 0.1) is 4.92 Å². The zero-order valence-electron chi connectivity index (χ0n) is 15.0. The third-order valence-electron chi connectivity index (χ3n) is 3.41. The number of aryl methyl sites for hydroxylation is 1. The molecule has 1 aromatic carbocycles. The number of nitrogens with one attached hydrogen (secondary N) is 2. The molecule has 0 bridgehead atoms.